The van der Waals surface area contributed by atoms with Crippen molar-refractivity contribution in [1.29, 1.82) is 0 Å². The van der Waals surface area contributed by atoms with Crippen molar-refractivity contribution in [2.24, 2.45) is 0 Å². The molecule has 0 aliphatic heterocycles. The number of hydrogen-bond acceptors (Lipinski definition) is 6. The Bertz CT molecular complexity index is 1480. The summed E-state index contributed by atoms with van der Waals surface area (Å²) in [7, 11) is -3.74. The molecule has 5 rings (SSSR count). The first kappa shape index (κ1) is 23.5. The Kier molecular flexibility index (Phi) is 5.88. The Balaban J connectivity index is 1.72. The summed E-state index contributed by atoms with van der Waals surface area (Å²) in [5.41, 5.74) is 9.87. The number of aromatic nitrogens is 4. The van der Waals surface area contributed by atoms with Crippen LogP contribution in [0.5, 0.6) is 0 Å². The molecule has 0 amide bonds. The average Bonchev–Trinajstić information content (AvgIpc) is 3.40. The van der Waals surface area contributed by atoms with E-state index in [9.17, 15) is 17.9 Å². The Labute approximate surface area is 203 Å². The molecule has 2 heterocycles. The van der Waals surface area contributed by atoms with Crippen LogP contribution >= 0.6 is 0 Å². The fourth-order valence-corrected chi connectivity index (χ4v) is 5.92. The van der Waals surface area contributed by atoms with Crippen LogP contribution in [-0.2, 0) is 10.0 Å². The molecule has 10 heteroatoms. The maximum Gasteiger partial charge on any atom is 0.244 e. The molecule has 1 saturated carbocycles. The van der Waals surface area contributed by atoms with Crippen molar-refractivity contribution >= 4 is 27.0 Å². The van der Waals surface area contributed by atoms with E-state index in [2.05, 4.69) is 14.5 Å². The molecule has 2 aromatic heterocycles. The fraction of sp³-hybridized carbons (Fsp3) is 0.360. The SMILES string of the molecule is CC(C)S(=O)(=O)n1c(N)nc2ccc(-c3c(-c4ccc(F)cc4)ncn3C3CCC(O)CC3)cc21. The van der Waals surface area contributed by atoms with Crippen LogP contribution in [0.4, 0.5) is 10.3 Å². The van der Waals surface area contributed by atoms with Gasteiger partial charge in [-0.05, 0) is 75.9 Å². The minimum Gasteiger partial charge on any atom is -0.393 e. The highest BCUT2D eigenvalue weighted by atomic mass is 32.2. The van der Waals surface area contributed by atoms with Crippen molar-refractivity contribution in [3.05, 3.63) is 54.6 Å². The molecule has 0 radical (unpaired) electrons. The number of halogens is 1. The molecule has 8 nitrogen and oxygen atoms in total. The minimum atomic E-state index is -3.74. The zero-order chi connectivity index (χ0) is 24.9. The molecular formula is C25H28FN5O3S. The summed E-state index contributed by atoms with van der Waals surface area (Å²) in [6.07, 6.45) is 4.46. The van der Waals surface area contributed by atoms with Crippen molar-refractivity contribution in [2.75, 3.05) is 5.73 Å². The Morgan fingerprint density at radius 3 is 2.37 bits per heavy atom. The zero-order valence-corrected chi connectivity index (χ0v) is 20.4. The maximum absolute atomic E-state index is 13.6. The molecule has 4 aromatic rings. The predicted octanol–water partition coefficient (Wildman–Crippen LogP) is 4.35. The molecule has 184 valence electrons. The van der Waals surface area contributed by atoms with Gasteiger partial charge in [0.2, 0.25) is 16.0 Å². The number of benzene rings is 2. The molecular weight excluding hydrogens is 469 g/mol. The van der Waals surface area contributed by atoms with Crippen LogP contribution in [0.2, 0.25) is 0 Å². The summed E-state index contributed by atoms with van der Waals surface area (Å²) in [4.78, 5) is 8.95. The Morgan fingerprint density at radius 2 is 1.71 bits per heavy atom. The van der Waals surface area contributed by atoms with Crippen molar-refractivity contribution in [2.45, 2.75) is 56.9 Å². The second kappa shape index (κ2) is 8.76. The topological polar surface area (TPSA) is 116 Å². The van der Waals surface area contributed by atoms with Crippen molar-refractivity contribution in [3.63, 3.8) is 0 Å². The van der Waals surface area contributed by atoms with Gasteiger partial charge in [-0.2, -0.15) is 0 Å². The van der Waals surface area contributed by atoms with E-state index in [1.807, 2.05) is 6.07 Å². The van der Waals surface area contributed by atoms with Gasteiger partial charge in [-0.3, -0.25) is 0 Å². The highest BCUT2D eigenvalue weighted by Crippen LogP contribution is 2.39. The van der Waals surface area contributed by atoms with Gasteiger partial charge in [-0.1, -0.05) is 6.07 Å². The second-order valence-electron chi connectivity index (χ2n) is 9.35. The lowest BCUT2D eigenvalue weighted by atomic mass is 9.92. The van der Waals surface area contributed by atoms with E-state index in [0.29, 0.717) is 29.6 Å². The third-order valence-electron chi connectivity index (χ3n) is 6.73. The van der Waals surface area contributed by atoms with E-state index in [1.165, 1.54) is 12.1 Å². The summed E-state index contributed by atoms with van der Waals surface area (Å²) < 4.78 is 42.9. The quantitative estimate of drug-likeness (QED) is 0.423. The number of imidazole rings is 2. The standard InChI is InChI=1S/C25H28FN5O3S/c1-15(2)35(33,34)31-22-13-17(5-12-21(22)29-25(31)27)24-23(16-3-6-18(26)7-4-16)28-14-30(24)19-8-10-20(32)11-9-19/h3-7,12-15,19-20,32H,8-11H2,1-2H3,(H2,27,29). The predicted molar refractivity (Wildman–Crippen MR) is 134 cm³/mol. The molecule has 0 saturated heterocycles. The first-order valence-corrected chi connectivity index (χ1v) is 13.2. The van der Waals surface area contributed by atoms with Gasteiger partial charge >= 0.3 is 0 Å². The van der Waals surface area contributed by atoms with Gasteiger partial charge < -0.3 is 15.4 Å². The molecule has 0 bridgehead atoms. The first-order valence-electron chi connectivity index (χ1n) is 11.7. The fourth-order valence-electron chi connectivity index (χ4n) is 4.78. The third kappa shape index (κ3) is 4.10. The summed E-state index contributed by atoms with van der Waals surface area (Å²) in [5, 5.41) is 9.32. The summed E-state index contributed by atoms with van der Waals surface area (Å²) >= 11 is 0. The lowest BCUT2D eigenvalue weighted by Gasteiger charge is -2.28. The van der Waals surface area contributed by atoms with Crippen molar-refractivity contribution in [1.82, 2.24) is 18.5 Å². The van der Waals surface area contributed by atoms with E-state index in [4.69, 9.17) is 5.73 Å². The van der Waals surface area contributed by atoms with E-state index >= 15 is 0 Å². The molecule has 0 unspecified atom stereocenters. The molecule has 2 aromatic carbocycles. The first-order chi connectivity index (χ1) is 16.7. The average molecular weight is 498 g/mol. The van der Waals surface area contributed by atoms with Gasteiger partial charge in [-0.15, -0.1) is 0 Å². The highest BCUT2D eigenvalue weighted by Gasteiger charge is 2.28. The van der Waals surface area contributed by atoms with Crippen molar-refractivity contribution < 1.29 is 17.9 Å². The summed E-state index contributed by atoms with van der Waals surface area (Å²) in [6.45, 7) is 3.20. The molecule has 1 aliphatic rings. The van der Waals surface area contributed by atoms with Gasteiger partial charge in [0, 0.05) is 17.2 Å². The molecule has 1 aliphatic carbocycles. The van der Waals surface area contributed by atoms with E-state index in [0.717, 1.165) is 33.6 Å². The van der Waals surface area contributed by atoms with E-state index in [-0.39, 0.29) is 23.9 Å². The molecule has 1 fully saturated rings. The van der Waals surface area contributed by atoms with Crippen LogP contribution in [0, 0.1) is 5.82 Å². The smallest absolute Gasteiger partial charge is 0.244 e. The summed E-state index contributed by atoms with van der Waals surface area (Å²) in [6, 6.07) is 11.7. The number of nitrogens with two attached hydrogens (primary N) is 1. The number of aliphatic hydroxyl groups excluding tert-OH is 1. The van der Waals surface area contributed by atoms with Gasteiger partial charge in [0.25, 0.3) is 0 Å². The largest absolute Gasteiger partial charge is 0.393 e. The molecule has 3 N–H and O–H groups in total. The minimum absolute atomic E-state index is 0.0839. The van der Waals surface area contributed by atoms with Crippen LogP contribution in [0.25, 0.3) is 33.5 Å². The molecule has 0 spiro atoms. The van der Waals surface area contributed by atoms with Crippen LogP contribution in [-0.4, -0.2) is 43.4 Å². The van der Waals surface area contributed by atoms with Gasteiger partial charge in [0.1, 0.15) is 5.82 Å². The second-order valence-corrected chi connectivity index (χ2v) is 11.7. The summed E-state index contributed by atoms with van der Waals surface area (Å²) in [5.74, 6) is -0.421. The number of rotatable bonds is 5. The Hall–Kier alpha value is -3.24. The van der Waals surface area contributed by atoms with Crippen LogP contribution in [0.15, 0.2) is 48.8 Å². The lowest BCUT2D eigenvalue weighted by molar-refractivity contribution is 0.111. The normalized spacial score (nSPS) is 19.0. The third-order valence-corrected chi connectivity index (χ3v) is 8.82. The van der Waals surface area contributed by atoms with Gasteiger partial charge in [-0.25, -0.2) is 26.7 Å². The van der Waals surface area contributed by atoms with Crippen LogP contribution < -0.4 is 5.73 Å². The maximum atomic E-state index is 13.6. The molecule has 35 heavy (non-hydrogen) atoms. The number of anilines is 1. The van der Waals surface area contributed by atoms with E-state index < -0.39 is 15.3 Å². The van der Waals surface area contributed by atoms with Gasteiger partial charge in [0.05, 0.1) is 40.1 Å². The number of nitrogens with zero attached hydrogens (tertiary/aromatic N) is 4. The number of aliphatic hydroxyl groups is 1. The van der Waals surface area contributed by atoms with Crippen LogP contribution in [0.3, 0.4) is 0 Å². The number of nitrogen functional groups attached to an aromatic ring is 1. The monoisotopic (exact) mass is 497 g/mol. The number of fused-ring (bicyclic) bond motifs is 1. The van der Waals surface area contributed by atoms with Crippen molar-refractivity contribution in [3.8, 4) is 22.5 Å². The number of hydrogen-bond donors (Lipinski definition) is 2. The van der Waals surface area contributed by atoms with Crippen LogP contribution in [0.1, 0.15) is 45.6 Å². The zero-order valence-electron chi connectivity index (χ0n) is 19.6. The highest BCUT2D eigenvalue weighted by molar-refractivity contribution is 7.90. The van der Waals surface area contributed by atoms with E-state index in [1.54, 1.807) is 44.4 Å². The molecule has 0 atom stereocenters. The van der Waals surface area contributed by atoms with Gasteiger partial charge in [0.15, 0.2) is 0 Å². The lowest BCUT2D eigenvalue weighted by Crippen LogP contribution is -2.23. The Morgan fingerprint density at radius 1 is 1.06 bits per heavy atom.